The van der Waals surface area contributed by atoms with E-state index in [4.69, 9.17) is 4.74 Å². The molecule has 2 heterocycles. The van der Waals surface area contributed by atoms with Gasteiger partial charge in [-0.25, -0.2) is 9.36 Å². The Hall–Kier alpha value is -2.56. The molecule has 0 saturated heterocycles. The van der Waals surface area contributed by atoms with Crippen molar-refractivity contribution in [1.82, 2.24) is 19.6 Å². The third kappa shape index (κ3) is 2.81. The lowest BCUT2D eigenvalue weighted by atomic mass is 10.3. The Labute approximate surface area is 123 Å². The summed E-state index contributed by atoms with van der Waals surface area (Å²) in [6.07, 6.45) is 0. The lowest BCUT2D eigenvalue weighted by molar-refractivity contribution is 0.271. The number of aromatic nitrogens is 4. The molecule has 0 amide bonds. The molecule has 0 aliphatic heterocycles. The summed E-state index contributed by atoms with van der Waals surface area (Å²) < 4.78 is 9.52. The molecule has 0 bridgehead atoms. The summed E-state index contributed by atoms with van der Waals surface area (Å²) in [5, 5.41) is 8.81. The molecular weight excluding hydrogens is 264 g/mol. The van der Waals surface area contributed by atoms with Gasteiger partial charge in [0.15, 0.2) is 0 Å². The van der Waals surface area contributed by atoms with E-state index in [1.54, 1.807) is 4.68 Å². The maximum absolute atomic E-state index is 5.86. The molecule has 5 nitrogen and oxygen atoms in total. The fraction of sp³-hybridized carbons (Fsp3) is 0.250. The summed E-state index contributed by atoms with van der Waals surface area (Å²) in [7, 11) is 1.88. The van der Waals surface area contributed by atoms with Gasteiger partial charge in [-0.15, -0.1) is 0 Å². The Morgan fingerprint density at radius 3 is 2.38 bits per heavy atom. The first kappa shape index (κ1) is 13.4. The monoisotopic (exact) mass is 282 g/mol. The third-order valence-electron chi connectivity index (χ3n) is 3.23. The number of aryl methyl sites for hydroxylation is 3. The summed E-state index contributed by atoms with van der Waals surface area (Å²) >= 11 is 0. The van der Waals surface area contributed by atoms with E-state index in [1.807, 2.05) is 68.0 Å². The molecule has 5 heteroatoms. The van der Waals surface area contributed by atoms with Gasteiger partial charge in [0.1, 0.15) is 6.61 Å². The summed E-state index contributed by atoms with van der Waals surface area (Å²) in [6, 6.07) is 14.0. The van der Waals surface area contributed by atoms with Crippen molar-refractivity contribution in [1.29, 1.82) is 0 Å². The zero-order valence-electron chi connectivity index (χ0n) is 12.4. The van der Waals surface area contributed by atoms with Crippen molar-refractivity contribution in [3.05, 3.63) is 59.5 Å². The molecule has 2 aromatic heterocycles. The predicted octanol–water partition coefficient (Wildman–Crippen LogP) is 2.80. The highest BCUT2D eigenvalue weighted by molar-refractivity contribution is 5.33. The number of benzene rings is 1. The lowest BCUT2D eigenvalue weighted by Gasteiger charge is -2.09. The van der Waals surface area contributed by atoms with Gasteiger partial charge in [-0.1, -0.05) is 18.2 Å². The highest BCUT2D eigenvalue weighted by Crippen LogP contribution is 2.16. The molecule has 108 valence electrons. The van der Waals surface area contributed by atoms with Crippen LogP contribution in [0.5, 0.6) is 5.88 Å². The predicted molar refractivity (Wildman–Crippen MR) is 80.6 cm³/mol. The molecule has 0 radical (unpaired) electrons. The lowest BCUT2D eigenvalue weighted by Crippen LogP contribution is -2.07. The van der Waals surface area contributed by atoms with Gasteiger partial charge >= 0.3 is 0 Å². The van der Waals surface area contributed by atoms with Crippen molar-refractivity contribution in [2.24, 2.45) is 7.05 Å². The molecule has 21 heavy (non-hydrogen) atoms. The van der Waals surface area contributed by atoms with Gasteiger partial charge in [-0.3, -0.25) is 0 Å². The fourth-order valence-corrected chi connectivity index (χ4v) is 2.32. The SMILES string of the molecule is Cc1cc(OCc2cc(C)nn2-c2ccccc2)n(C)n1. The second-order valence-electron chi connectivity index (χ2n) is 5.06. The third-order valence-corrected chi connectivity index (χ3v) is 3.23. The Balaban J connectivity index is 1.85. The number of ether oxygens (including phenoxy) is 1. The second-order valence-corrected chi connectivity index (χ2v) is 5.06. The van der Waals surface area contributed by atoms with Gasteiger partial charge in [0.2, 0.25) is 5.88 Å². The summed E-state index contributed by atoms with van der Waals surface area (Å²) in [5.41, 5.74) is 3.96. The van der Waals surface area contributed by atoms with Crippen molar-refractivity contribution in [3.8, 4) is 11.6 Å². The van der Waals surface area contributed by atoms with Gasteiger partial charge in [-0.05, 0) is 32.0 Å². The van der Waals surface area contributed by atoms with Gasteiger partial charge in [-0.2, -0.15) is 10.2 Å². The van der Waals surface area contributed by atoms with Crippen LogP contribution in [-0.2, 0) is 13.7 Å². The molecule has 0 spiro atoms. The highest BCUT2D eigenvalue weighted by Gasteiger charge is 2.10. The maximum Gasteiger partial charge on any atom is 0.212 e. The van der Waals surface area contributed by atoms with Gasteiger partial charge in [0, 0.05) is 13.1 Å². The minimum atomic E-state index is 0.453. The molecule has 3 aromatic rings. The van der Waals surface area contributed by atoms with Gasteiger partial charge < -0.3 is 4.74 Å². The van der Waals surface area contributed by atoms with Crippen LogP contribution in [0.4, 0.5) is 0 Å². The minimum Gasteiger partial charge on any atom is -0.471 e. The first-order chi connectivity index (χ1) is 10.1. The van der Waals surface area contributed by atoms with Crippen LogP contribution >= 0.6 is 0 Å². The van der Waals surface area contributed by atoms with E-state index in [-0.39, 0.29) is 0 Å². The van der Waals surface area contributed by atoms with Crippen LogP contribution in [0.1, 0.15) is 17.1 Å². The summed E-state index contributed by atoms with van der Waals surface area (Å²) in [5.74, 6) is 0.756. The van der Waals surface area contributed by atoms with E-state index >= 15 is 0 Å². The van der Waals surface area contributed by atoms with Crippen LogP contribution in [0.25, 0.3) is 5.69 Å². The van der Waals surface area contributed by atoms with Crippen molar-refractivity contribution < 1.29 is 4.74 Å². The zero-order valence-corrected chi connectivity index (χ0v) is 12.4. The number of hydrogen-bond donors (Lipinski definition) is 0. The topological polar surface area (TPSA) is 44.9 Å². The molecular formula is C16H18N4O. The Kier molecular flexibility index (Phi) is 3.48. The fourth-order valence-electron chi connectivity index (χ4n) is 2.32. The number of hydrogen-bond acceptors (Lipinski definition) is 3. The maximum atomic E-state index is 5.86. The summed E-state index contributed by atoms with van der Waals surface area (Å²) in [6.45, 7) is 4.39. The molecule has 0 unspecified atom stereocenters. The zero-order chi connectivity index (χ0) is 14.8. The van der Waals surface area contributed by atoms with Crippen LogP contribution < -0.4 is 4.74 Å². The smallest absolute Gasteiger partial charge is 0.212 e. The molecule has 0 fully saturated rings. The van der Waals surface area contributed by atoms with Crippen LogP contribution in [-0.4, -0.2) is 19.6 Å². The standard InChI is InChI=1S/C16H18N4O/c1-12-9-15(11-21-16-10-13(2)17-19(16)3)20(18-12)14-7-5-4-6-8-14/h4-10H,11H2,1-3H3. The first-order valence-corrected chi connectivity index (χ1v) is 6.88. The summed E-state index contributed by atoms with van der Waals surface area (Å²) in [4.78, 5) is 0. The van der Waals surface area contributed by atoms with Crippen LogP contribution in [0.15, 0.2) is 42.5 Å². The second kappa shape index (κ2) is 5.44. The van der Waals surface area contributed by atoms with Crippen molar-refractivity contribution in [2.75, 3.05) is 0 Å². The number of para-hydroxylation sites is 1. The highest BCUT2D eigenvalue weighted by atomic mass is 16.5. The van der Waals surface area contributed by atoms with E-state index in [0.29, 0.717) is 6.61 Å². The van der Waals surface area contributed by atoms with E-state index in [2.05, 4.69) is 10.2 Å². The van der Waals surface area contributed by atoms with Crippen molar-refractivity contribution in [2.45, 2.75) is 20.5 Å². The Bertz CT molecular complexity index is 743. The molecule has 0 saturated carbocycles. The average Bonchev–Trinajstić information content (AvgIpc) is 3.00. The van der Waals surface area contributed by atoms with E-state index < -0.39 is 0 Å². The Morgan fingerprint density at radius 1 is 1.00 bits per heavy atom. The molecule has 0 N–H and O–H groups in total. The van der Waals surface area contributed by atoms with Crippen molar-refractivity contribution >= 4 is 0 Å². The normalized spacial score (nSPS) is 10.8. The van der Waals surface area contributed by atoms with Crippen LogP contribution in [0.3, 0.4) is 0 Å². The van der Waals surface area contributed by atoms with Crippen LogP contribution in [0, 0.1) is 13.8 Å². The average molecular weight is 282 g/mol. The van der Waals surface area contributed by atoms with E-state index in [9.17, 15) is 0 Å². The van der Waals surface area contributed by atoms with Crippen LogP contribution in [0.2, 0.25) is 0 Å². The Morgan fingerprint density at radius 2 is 1.71 bits per heavy atom. The molecule has 1 aromatic carbocycles. The van der Waals surface area contributed by atoms with Gasteiger partial charge in [0.05, 0.1) is 22.8 Å². The molecule has 0 atom stereocenters. The van der Waals surface area contributed by atoms with Crippen molar-refractivity contribution in [3.63, 3.8) is 0 Å². The van der Waals surface area contributed by atoms with Gasteiger partial charge in [0.25, 0.3) is 0 Å². The molecule has 0 aliphatic rings. The molecule has 3 rings (SSSR count). The van der Waals surface area contributed by atoms with E-state index in [0.717, 1.165) is 28.6 Å². The number of rotatable bonds is 4. The molecule has 0 aliphatic carbocycles. The largest absolute Gasteiger partial charge is 0.471 e. The quantitative estimate of drug-likeness (QED) is 0.739. The number of nitrogens with zero attached hydrogens (tertiary/aromatic N) is 4. The minimum absolute atomic E-state index is 0.453. The van der Waals surface area contributed by atoms with E-state index in [1.165, 1.54) is 0 Å². The first-order valence-electron chi connectivity index (χ1n) is 6.88.